The monoisotopic (exact) mass is 347 g/mol. The first-order valence-corrected chi connectivity index (χ1v) is 8.48. The summed E-state index contributed by atoms with van der Waals surface area (Å²) in [6, 6.07) is 7.24. The Bertz CT molecular complexity index is 601. The third-order valence-electron chi connectivity index (χ3n) is 3.75. The number of carbonyl (C=O) groups excluding carboxylic acids is 2. The number of methoxy groups -OCH3 is 1. The Morgan fingerprint density at radius 2 is 1.80 bits per heavy atom. The van der Waals surface area contributed by atoms with Gasteiger partial charge < -0.3 is 15.0 Å². The summed E-state index contributed by atoms with van der Waals surface area (Å²) in [5, 5.41) is 2.83. The molecule has 0 spiro atoms. The third-order valence-corrected chi connectivity index (χ3v) is 3.75. The molecule has 6 heteroatoms. The summed E-state index contributed by atoms with van der Waals surface area (Å²) >= 11 is 0. The highest BCUT2D eigenvalue weighted by Gasteiger charge is 2.18. The number of likely N-dealkylation sites (N-methyl/N-ethyl adjacent to an activating group) is 2. The Hall–Kier alpha value is -2.34. The molecule has 0 radical (unpaired) electrons. The Balaban J connectivity index is 2.63. The van der Waals surface area contributed by atoms with Gasteiger partial charge in [0.25, 0.3) is 0 Å². The number of carbonyl (C=O) groups is 2. The van der Waals surface area contributed by atoms with Crippen LogP contribution in [0, 0.1) is 0 Å². The maximum Gasteiger partial charge on any atom is 0.238 e. The van der Waals surface area contributed by atoms with Gasteiger partial charge >= 0.3 is 0 Å². The molecule has 0 aromatic heterocycles. The second kappa shape index (κ2) is 10.5. The van der Waals surface area contributed by atoms with E-state index in [1.165, 1.54) is 0 Å². The zero-order chi connectivity index (χ0) is 18.8. The molecular weight excluding hydrogens is 318 g/mol. The molecule has 1 rings (SSSR count). The first-order valence-electron chi connectivity index (χ1n) is 8.48. The van der Waals surface area contributed by atoms with Crippen molar-refractivity contribution < 1.29 is 14.3 Å². The first kappa shape index (κ1) is 20.7. The first-order chi connectivity index (χ1) is 11.9. The SMILES string of the molecule is C=C(C)CN(CC)C(=O)CN(CC)CC(=O)Nc1ccccc1OC. The lowest BCUT2D eigenvalue weighted by Gasteiger charge is -2.25. The van der Waals surface area contributed by atoms with Crippen LogP contribution in [0.15, 0.2) is 36.4 Å². The van der Waals surface area contributed by atoms with Gasteiger partial charge in [0.15, 0.2) is 0 Å². The molecule has 0 saturated heterocycles. The van der Waals surface area contributed by atoms with E-state index in [4.69, 9.17) is 4.74 Å². The highest BCUT2D eigenvalue weighted by molar-refractivity contribution is 5.94. The Morgan fingerprint density at radius 1 is 1.12 bits per heavy atom. The number of rotatable bonds is 10. The molecule has 0 saturated carbocycles. The van der Waals surface area contributed by atoms with Crippen LogP contribution in [0.25, 0.3) is 0 Å². The zero-order valence-corrected chi connectivity index (χ0v) is 15.7. The number of benzene rings is 1. The fourth-order valence-corrected chi connectivity index (χ4v) is 2.41. The van der Waals surface area contributed by atoms with Gasteiger partial charge in [-0.05, 0) is 32.5 Å². The predicted molar refractivity (Wildman–Crippen MR) is 101 cm³/mol. The number of para-hydroxylation sites is 2. The normalized spacial score (nSPS) is 10.4. The molecule has 6 nitrogen and oxygen atoms in total. The molecule has 0 aliphatic carbocycles. The summed E-state index contributed by atoms with van der Waals surface area (Å²) in [6.45, 7) is 11.7. The molecule has 138 valence electrons. The third kappa shape index (κ3) is 6.97. The van der Waals surface area contributed by atoms with E-state index >= 15 is 0 Å². The summed E-state index contributed by atoms with van der Waals surface area (Å²) in [4.78, 5) is 28.3. The molecule has 0 aliphatic rings. The molecule has 1 aromatic carbocycles. The van der Waals surface area contributed by atoms with Gasteiger partial charge in [0.05, 0.1) is 25.9 Å². The van der Waals surface area contributed by atoms with Crippen LogP contribution in [0.1, 0.15) is 20.8 Å². The van der Waals surface area contributed by atoms with E-state index in [0.717, 1.165) is 5.57 Å². The second-order valence-electron chi connectivity index (χ2n) is 5.92. The Morgan fingerprint density at radius 3 is 2.36 bits per heavy atom. The summed E-state index contributed by atoms with van der Waals surface area (Å²) in [7, 11) is 1.56. The molecule has 25 heavy (non-hydrogen) atoms. The van der Waals surface area contributed by atoms with Gasteiger partial charge in [-0.25, -0.2) is 0 Å². The molecule has 0 aliphatic heterocycles. The molecule has 1 N–H and O–H groups in total. The molecule has 0 fully saturated rings. The number of anilines is 1. The van der Waals surface area contributed by atoms with Crippen molar-refractivity contribution in [3.63, 3.8) is 0 Å². The lowest BCUT2D eigenvalue weighted by atomic mass is 10.3. The van der Waals surface area contributed by atoms with Crippen molar-refractivity contribution in [3.05, 3.63) is 36.4 Å². The van der Waals surface area contributed by atoms with Crippen LogP contribution in [0.4, 0.5) is 5.69 Å². The van der Waals surface area contributed by atoms with Gasteiger partial charge in [0.1, 0.15) is 5.75 Å². The number of nitrogens with zero attached hydrogens (tertiary/aromatic N) is 2. The minimum atomic E-state index is -0.179. The standard InChI is InChI=1S/C19H29N3O3/c1-6-21(14-19(24)22(7-2)12-15(3)4)13-18(23)20-16-10-8-9-11-17(16)25-5/h8-11H,3,6-7,12-14H2,1-2,4-5H3,(H,20,23). The van der Waals surface area contributed by atoms with Crippen molar-refractivity contribution in [3.8, 4) is 5.75 Å². The lowest BCUT2D eigenvalue weighted by Crippen LogP contribution is -2.43. The molecule has 0 heterocycles. The van der Waals surface area contributed by atoms with Crippen LogP contribution in [-0.2, 0) is 9.59 Å². The van der Waals surface area contributed by atoms with E-state index in [9.17, 15) is 9.59 Å². The summed E-state index contributed by atoms with van der Waals surface area (Å²) in [5.74, 6) is 0.424. The second-order valence-corrected chi connectivity index (χ2v) is 5.92. The van der Waals surface area contributed by atoms with Crippen molar-refractivity contribution >= 4 is 17.5 Å². The van der Waals surface area contributed by atoms with Crippen LogP contribution in [0.3, 0.4) is 0 Å². The lowest BCUT2D eigenvalue weighted by molar-refractivity contribution is -0.132. The predicted octanol–water partition coefficient (Wildman–Crippen LogP) is 2.38. The van der Waals surface area contributed by atoms with E-state index < -0.39 is 0 Å². The number of amides is 2. The average molecular weight is 347 g/mol. The van der Waals surface area contributed by atoms with Crippen LogP contribution in [0.2, 0.25) is 0 Å². The van der Waals surface area contributed by atoms with Gasteiger partial charge in [-0.15, -0.1) is 0 Å². The van der Waals surface area contributed by atoms with E-state index in [2.05, 4.69) is 11.9 Å². The van der Waals surface area contributed by atoms with Gasteiger partial charge in [0, 0.05) is 13.1 Å². The fraction of sp³-hybridized carbons (Fsp3) is 0.474. The van der Waals surface area contributed by atoms with Gasteiger partial charge in [-0.3, -0.25) is 14.5 Å². The maximum absolute atomic E-state index is 12.4. The molecule has 0 bridgehead atoms. The van der Waals surface area contributed by atoms with E-state index in [0.29, 0.717) is 31.1 Å². The summed E-state index contributed by atoms with van der Waals surface area (Å²) in [6.07, 6.45) is 0. The molecule has 1 aromatic rings. The topological polar surface area (TPSA) is 61.9 Å². The van der Waals surface area contributed by atoms with Gasteiger partial charge in [-0.2, -0.15) is 0 Å². The summed E-state index contributed by atoms with van der Waals surface area (Å²) < 4.78 is 5.23. The number of hydrogen-bond donors (Lipinski definition) is 1. The minimum absolute atomic E-state index is 0.00237. The number of ether oxygens (including phenoxy) is 1. The molecular formula is C19H29N3O3. The largest absolute Gasteiger partial charge is 0.495 e. The highest BCUT2D eigenvalue weighted by atomic mass is 16.5. The van der Waals surface area contributed by atoms with Crippen LogP contribution < -0.4 is 10.1 Å². The van der Waals surface area contributed by atoms with E-state index in [1.807, 2.05) is 37.8 Å². The van der Waals surface area contributed by atoms with Gasteiger partial charge in [-0.1, -0.05) is 31.2 Å². The van der Waals surface area contributed by atoms with Gasteiger partial charge in [0.2, 0.25) is 11.8 Å². The van der Waals surface area contributed by atoms with Crippen molar-refractivity contribution in [2.24, 2.45) is 0 Å². The van der Waals surface area contributed by atoms with Crippen LogP contribution in [0.5, 0.6) is 5.75 Å². The number of hydrogen-bond acceptors (Lipinski definition) is 4. The summed E-state index contributed by atoms with van der Waals surface area (Å²) in [5.41, 5.74) is 1.56. The van der Waals surface area contributed by atoms with E-state index in [-0.39, 0.29) is 24.9 Å². The average Bonchev–Trinajstić information content (AvgIpc) is 2.59. The zero-order valence-electron chi connectivity index (χ0n) is 15.7. The Labute approximate surface area is 150 Å². The minimum Gasteiger partial charge on any atom is -0.495 e. The van der Waals surface area contributed by atoms with Crippen molar-refractivity contribution in [1.82, 2.24) is 9.80 Å². The quantitative estimate of drug-likeness (QED) is 0.660. The van der Waals surface area contributed by atoms with Crippen LogP contribution >= 0.6 is 0 Å². The van der Waals surface area contributed by atoms with Crippen molar-refractivity contribution in [1.29, 1.82) is 0 Å². The smallest absolute Gasteiger partial charge is 0.238 e. The van der Waals surface area contributed by atoms with Crippen molar-refractivity contribution in [2.75, 3.05) is 45.2 Å². The Kier molecular flexibility index (Phi) is 8.70. The van der Waals surface area contributed by atoms with Crippen LogP contribution in [-0.4, -0.2) is 61.4 Å². The molecule has 0 unspecified atom stereocenters. The van der Waals surface area contributed by atoms with E-state index in [1.54, 1.807) is 24.1 Å². The maximum atomic E-state index is 12.4. The van der Waals surface area contributed by atoms with Crippen molar-refractivity contribution in [2.45, 2.75) is 20.8 Å². The fourth-order valence-electron chi connectivity index (χ4n) is 2.41. The highest BCUT2D eigenvalue weighted by Crippen LogP contribution is 2.22. The number of nitrogens with one attached hydrogen (secondary N) is 1. The molecule has 2 amide bonds. The molecule has 0 atom stereocenters.